The molecule has 0 aromatic rings. The van der Waals surface area contributed by atoms with E-state index in [1.54, 1.807) is 0 Å². The topological polar surface area (TPSA) is 53.5 Å². The molecule has 4 nitrogen and oxygen atoms in total. The Labute approximate surface area is 94.5 Å². The number of aliphatic imine (C=N–C) groups is 1. The molecule has 0 radical (unpaired) electrons. The minimum absolute atomic E-state index is 0.00873. The van der Waals surface area contributed by atoms with E-state index in [0.717, 1.165) is 18.8 Å². The van der Waals surface area contributed by atoms with Crippen molar-refractivity contribution >= 4 is 11.7 Å². The highest BCUT2D eigenvalue weighted by Gasteiger charge is 2.31. The molecule has 0 aromatic heterocycles. The number of hydrogen-bond acceptors (Lipinski definition) is 2. The average molecular weight is 217 g/mol. The maximum atomic E-state index is 11.3. The Hall–Kier alpha value is -1.42. The molecule has 3 aliphatic rings. The van der Waals surface area contributed by atoms with Crippen LogP contribution in [0.15, 0.2) is 28.8 Å². The first-order valence-corrected chi connectivity index (χ1v) is 5.83. The molecular weight excluding hydrogens is 202 g/mol. The van der Waals surface area contributed by atoms with Gasteiger partial charge in [-0.05, 0) is 30.9 Å². The van der Waals surface area contributed by atoms with Crippen LogP contribution in [0.1, 0.15) is 12.8 Å². The lowest BCUT2D eigenvalue weighted by Gasteiger charge is -2.27. The summed E-state index contributed by atoms with van der Waals surface area (Å²) in [7, 11) is 0. The predicted octanol–water partition coefficient (Wildman–Crippen LogP) is 1.01. The highest BCUT2D eigenvalue weighted by atomic mass is 16.2. The number of hydrogen-bond donors (Lipinski definition) is 2. The van der Waals surface area contributed by atoms with Gasteiger partial charge in [-0.25, -0.2) is 4.79 Å². The van der Waals surface area contributed by atoms with Gasteiger partial charge in [0.15, 0.2) is 0 Å². The molecule has 2 N–H and O–H groups in total. The molecule has 0 bridgehead atoms. The summed E-state index contributed by atoms with van der Waals surface area (Å²) in [4.78, 5) is 15.3. The lowest BCUT2D eigenvalue weighted by atomic mass is 9.84. The van der Waals surface area contributed by atoms with Crippen LogP contribution in [0.2, 0.25) is 0 Å². The van der Waals surface area contributed by atoms with Gasteiger partial charge in [-0.3, -0.25) is 0 Å². The Bertz CT molecular complexity index is 402. The van der Waals surface area contributed by atoms with E-state index in [9.17, 15) is 4.79 Å². The lowest BCUT2D eigenvalue weighted by Crippen LogP contribution is -2.38. The van der Waals surface area contributed by atoms with Gasteiger partial charge in [0.1, 0.15) is 0 Å². The molecule has 84 valence electrons. The molecule has 2 unspecified atom stereocenters. The molecule has 2 aliphatic heterocycles. The van der Waals surface area contributed by atoms with Gasteiger partial charge in [-0.1, -0.05) is 18.2 Å². The van der Waals surface area contributed by atoms with Gasteiger partial charge in [0.05, 0.1) is 11.8 Å². The fraction of sp³-hybridized carbons (Fsp3) is 0.500. The van der Waals surface area contributed by atoms with Crippen LogP contribution >= 0.6 is 0 Å². The van der Waals surface area contributed by atoms with Crippen LogP contribution in [0, 0.1) is 5.92 Å². The van der Waals surface area contributed by atoms with Crippen LogP contribution in [-0.2, 0) is 0 Å². The van der Waals surface area contributed by atoms with Crippen molar-refractivity contribution in [3.8, 4) is 0 Å². The first kappa shape index (κ1) is 9.78. The summed E-state index contributed by atoms with van der Waals surface area (Å²) in [5.74, 6) is 0.507. The molecule has 1 fully saturated rings. The SMILES string of the molecule is O=C1N=C2C(C3CCCNC3)=CC=CC2N1. The number of piperidine rings is 1. The Balaban J connectivity index is 1.88. The Morgan fingerprint density at radius 1 is 1.44 bits per heavy atom. The normalized spacial score (nSPS) is 32.9. The standard InChI is InChI=1S/C12H15N3O/c16-12-14-10-5-1-4-9(11(10)15-12)8-3-2-6-13-7-8/h1,4-5,8,10,13H,2-3,6-7H2,(H,14,16). The Morgan fingerprint density at radius 3 is 3.19 bits per heavy atom. The molecule has 3 rings (SSSR count). The number of rotatable bonds is 1. The largest absolute Gasteiger partial charge is 0.342 e. The highest BCUT2D eigenvalue weighted by molar-refractivity contribution is 6.16. The average Bonchev–Trinajstić information content (AvgIpc) is 2.70. The highest BCUT2D eigenvalue weighted by Crippen LogP contribution is 2.26. The zero-order valence-electron chi connectivity index (χ0n) is 9.07. The van der Waals surface area contributed by atoms with E-state index in [1.807, 2.05) is 12.2 Å². The first-order chi connectivity index (χ1) is 7.84. The van der Waals surface area contributed by atoms with E-state index in [4.69, 9.17) is 0 Å². The van der Waals surface area contributed by atoms with Gasteiger partial charge in [0.2, 0.25) is 0 Å². The molecule has 2 amide bonds. The van der Waals surface area contributed by atoms with Gasteiger partial charge < -0.3 is 10.6 Å². The molecule has 0 spiro atoms. The van der Waals surface area contributed by atoms with Crippen molar-refractivity contribution in [3.63, 3.8) is 0 Å². The molecule has 4 heteroatoms. The summed E-state index contributed by atoms with van der Waals surface area (Å²) < 4.78 is 0. The number of fused-ring (bicyclic) bond motifs is 1. The van der Waals surface area contributed by atoms with Crippen LogP contribution in [0.5, 0.6) is 0 Å². The van der Waals surface area contributed by atoms with Crippen molar-refractivity contribution in [3.05, 3.63) is 23.8 Å². The lowest BCUT2D eigenvalue weighted by molar-refractivity contribution is 0.251. The summed E-state index contributed by atoms with van der Waals surface area (Å²) in [6, 6.07) is -0.198. The number of carbonyl (C=O) groups excluding carboxylic acids is 1. The van der Waals surface area contributed by atoms with Crippen molar-refractivity contribution in [2.45, 2.75) is 18.9 Å². The van der Waals surface area contributed by atoms with E-state index in [-0.39, 0.29) is 12.1 Å². The summed E-state index contributed by atoms with van der Waals surface area (Å²) >= 11 is 0. The Morgan fingerprint density at radius 2 is 2.38 bits per heavy atom. The minimum Gasteiger partial charge on any atom is -0.324 e. The zero-order valence-corrected chi connectivity index (χ0v) is 9.07. The summed E-state index contributed by atoms with van der Waals surface area (Å²) in [5, 5.41) is 6.23. The minimum atomic E-state index is -0.207. The number of carbonyl (C=O) groups is 1. The van der Waals surface area contributed by atoms with E-state index < -0.39 is 0 Å². The quantitative estimate of drug-likeness (QED) is 0.689. The number of allylic oxidation sites excluding steroid dienone is 2. The van der Waals surface area contributed by atoms with Crippen molar-refractivity contribution in [2.24, 2.45) is 10.9 Å². The Kier molecular flexibility index (Phi) is 2.36. The third-order valence-corrected chi connectivity index (χ3v) is 3.41. The van der Waals surface area contributed by atoms with E-state index in [1.165, 1.54) is 18.4 Å². The van der Waals surface area contributed by atoms with Crippen molar-refractivity contribution in [1.82, 2.24) is 10.6 Å². The third-order valence-electron chi connectivity index (χ3n) is 3.41. The van der Waals surface area contributed by atoms with Crippen LogP contribution in [0.25, 0.3) is 0 Å². The second kappa shape index (κ2) is 3.87. The summed E-state index contributed by atoms with van der Waals surface area (Å²) in [6.45, 7) is 2.10. The maximum absolute atomic E-state index is 11.3. The summed E-state index contributed by atoms with van der Waals surface area (Å²) in [6.07, 6.45) is 8.51. The van der Waals surface area contributed by atoms with E-state index >= 15 is 0 Å². The number of amides is 2. The maximum Gasteiger partial charge on any atom is 0.342 e. The third kappa shape index (κ3) is 1.59. The second-order valence-electron chi connectivity index (χ2n) is 4.47. The van der Waals surface area contributed by atoms with E-state index in [0.29, 0.717) is 5.92 Å². The molecular formula is C12H15N3O. The fourth-order valence-electron chi connectivity index (χ4n) is 2.61. The van der Waals surface area contributed by atoms with Gasteiger partial charge in [0.25, 0.3) is 0 Å². The van der Waals surface area contributed by atoms with Gasteiger partial charge in [0, 0.05) is 6.54 Å². The molecule has 1 saturated heterocycles. The van der Waals surface area contributed by atoms with Crippen LogP contribution in [0.3, 0.4) is 0 Å². The predicted molar refractivity (Wildman–Crippen MR) is 62.6 cm³/mol. The van der Waals surface area contributed by atoms with E-state index in [2.05, 4.69) is 21.7 Å². The van der Waals surface area contributed by atoms with Crippen LogP contribution in [0.4, 0.5) is 4.79 Å². The number of nitrogens with zero attached hydrogens (tertiary/aromatic N) is 1. The van der Waals surface area contributed by atoms with Crippen molar-refractivity contribution in [1.29, 1.82) is 0 Å². The first-order valence-electron chi connectivity index (χ1n) is 5.83. The monoisotopic (exact) mass is 217 g/mol. The number of nitrogens with one attached hydrogen (secondary N) is 2. The van der Waals surface area contributed by atoms with Crippen molar-refractivity contribution in [2.75, 3.05) is 13.1 Å². The fourth-order valence-corrected chi connectivity index (χ4v) is 2.61. The molecule has 2 atom stereocenters. The second-order valence-corrected chi connectivity index (χ2v) is 4.47. The zero-order chi connectivity index (χ0) is 11.0. The molecule has 1 aliphatic carbocycles. The van der Waals surface area contributed by atoms with Crippen LogP contribution in [-0.4, -0.2) is 30.9 Å². The smallest absolute Gasteiger partial charge is 0.324 e. The molecule has 0 aromatic carbocycles. The van der Waals surface area contributed by atoms with Gasteiger partial charge in [-0.2, -0.15) is 4.99 Å². The molecule has 16 heavy (non-hydrogen) atoms. The van der Waals surface area contributed by atoms with Crippen LogP contribution < -0.4 is 10.6 Å². The molecule has 2 heterocycles. The van der Waals surface area contributed by atoms with Gasteiger partial charge >= 0.3 is 6.03 Å². The summed E-state index contributed by atoms with van der Waals surface area (Å²) in [5.41, 5.74) is 2.17. The molecule has 0 saturated carbocycles. The van der Waals surface area contributed by atoms with Gasteiger partial charge in [-0.15, -0.1) is 0 Å². The van der Waals surface area contributed by atoms with Crippen molar-refractivity contribution < 1.29 is 4.79 Å². The number of urea groups is 1.